The van der Waals surface area contributed by atoms with Gasteiger partial charge in [-0.15, -0.1) is 0 Å². The minimum absolute atomic E-state index is 0.151. The number of carbonyl (C=O) groups excluding carboxylic acids is 1. The molecule has 108 valence electrons. The second kappa shape index (κ2) is 6.26. The van der Waals surface area contributed by atoms with Gasteiger partial charge in [-0.2, -0.15) is 0 Å². The highest BCUT2D eigenvalue weighted by molar-refractivity contribution is 9.10. The van der Waals surface area contributed by atoms with E-state index in [1.54, 1.807) is 18.5 Å². The second-order valence-electron chi connectivity index (χ2n) is 5.09. The van der Waals surface area contributed by atoms with Gasteiger partial charge in [0.1, 0.15) is 0 Å². The van der Waals surface area contributed by atoms with Crippen molar-refractivity contribution in [1.82, 2.24) is 4.98 Å². The first-order valence-electron chi connectivity index (χ1n) is 6.99. The highest BCUT2D eigenvalue weighted by atomic mass is 79.9. The molecule has 0 radical (unpaired) electrons. The van der Waals surface area contributed by atoms with Crippen LogP contribution in [-0.2, 0) is 0 Å². The smallest absolute Gasteiger partial charge is 0.257 e. The van der Waals surface area contributed by atoms with Crippen LogP contribution in [-0.4, -0.2) is 24.0 Å². The van der Waals surface area contributed by atoms with E-state index < -0.39 is 0 Å². The Labute approximate surface area is 132 Å². The molecule has 0 unspecified atom stereocenters. The summed E-state index contributed by atoms with van der Waals surface area (Å²) in [5, 5.41) is 2.92. The fourth-order valence-electron chi connectivity index (χ4n) is 2.49. The molecule has 1 fully saturated rings. The number of rotatable bonds is 3. The van der Waals surface area contributed by atoms with Gasteiger partial charge in [0.2, 0.25) is 0 Å². The molecule has 0 saturated carbocycles. The summed E-state index contributed by atoms with van der Waals surface area (Å²) in [5.74, 6) is -0.151. The van der Waals surface area contributed by atoms with Crippen LogP contribution in [0, 0.1) is 0 Å². The zero-order chi connectivity index (χ0) is 14.7. The van der Waals surface area contributed by atoms with Crippen LogP contribution in [0.2, 0.25) is 0 Å². The van der Waals surface area contributed by atoms with Crippen molar-refractivity contribution >= 4 is 33.2 Å². The van der Waals surface area contributed by atoms with Crippen LogP contribution in [0.1, 0.15) is 23.2 Å². The van der Waals surface area contributed by atoms with Gasteiger partial charge in [0.05, 0.1) is 5.56 Å². The number of halogens is 1. The maximum Gasteiger partial charge on any atom is 0.257 e. The zero-order valence-electron chi connectivity index (χ0n) is 11.6. The molecule has 0 spiro atoms. The minimum Gasteiger partial charge on any atom is -0.371 e. The van der Waals surface area contributed by atoms with Crippen molar-refractivity contribution in [2.45, 2.75) is 12.8 Å². The van der Waals surface area contributed by atoms with E-state index in [0.717, 1.165) is 28.9 Å². The summed E-state index contributed by atoms with van der Waals surface area (Å²) < 4.78 is 0.793. The summed E-state index contributed by atoms with van der Waals surface area (Å²) in [6.07, 6.45) is 5.69. The standard InChI is InChI=1S/C16H16BrN3O/c17-13-8-12(10-18-11-13)16(21)19-14-4-3-5-15(9-14)20-6-1-2-7-20/h3-5,8-11H,1-2,6-7H2,(H,19,21). The number of hydrogen-bond donors (Lipinski definition) is 1. The number of carbonyl (C=O) groups is 1. The van der Waals surface area contributed by atoms with E-state index >= 15 is 0 Å². The van der Waals surface area contributed by atoms with Crippen molar-refractivity contribution in [3.8, 4) is 0 Å². The molecule has 2 heterocycles. The third-order valence-corrected chi connectivity index (χ3v) is 3.98. The third-order valence-electron chi connectivity index (χ3n) is 3.54. The number of benzene rings is 1. The number of nitrogens with one attached hydrogen (secondary N) is 1. The molecule has 1 amide bonds. The topological polar surface area (TPSA) is 45.2 Å². The van der Waals surface area contributed by atoms with Gasteiger partial charge in [0, 0.05) is 41.3 Å². The lowest BCUT2D eigenvalue weighted by Gasteiger charge is -2.18. The molecule has 1 N–H and O–H groups in total. The van der Waals surface area contributed by atoms with Crippen molar-refractivity contribution in [3.63, 3.8) is 0 Å². The average Bonchev–Trinajstić information content (AvgIpc) is 3.02. The molecule has 4 nitrogen and oxygen atoms in total. The van der Waals surface area contributed by atoms with Gasteiger partial charge in [-0.1, -0.05) is 6.07 Å². The van der Waals surface area contributed by atoms with Crippen LogP contribution < -0.4 is 10.2 Å². The summed E-state index contributed by atoms with van der Waals surface area (Å²) in [7, 11) is 0. The molecule has 1 aromatic heterocycles. The molecule has 2 aromatic rings. The minimum atomic E-state index is -0.151. The molecule has 1 aliphatic rings. The molecule has 1 saturated heterocycles. The molecule has 1 aromatic carbocycles. The number of anilines is 2. The molecule has 5 heteroatoms. The van der Waals surface area contributed by atoms with Crippen molar-refractivity contribution in [2.24, 2.45) is 0 Å². The number of hydrogen-bond acceptors (Lipinski definition) is 3. The summed E-state index contributed by atoms with van der Waals surface area (Å²) in [6, 6.07) is 9.74. The van der Waals surface area contributed by atoms with Crippen LogP contribution >= 0.6 is 15.9 Å². The van der Waals surface area contributed by atoms with Crippen molar-refractivity contribution < 1.29 is 4.79 Å². The van der Waals surface area contributed by atoms with Gasteiger partial charge in [-0.3, -0.25) is 9.78 Å². The van der Waals surface area contributed by atoms with Crippen molar-refractivity contribution in [2.75, 3.05) is 23.3 Å². The van der Waals surface area contributed by atoms with Crippen LogP contribution in [0.3, 0.4) is 0 Å². The van der Waals surface area contributed by atoms with Gasteiger partial charge in [-0.25, -0.2) is 0 Å². The highest BCUT2D eigenvalue weighted by Gasteiger charge is 2.13. The number of pyridine rings is 1. The number of amides is 1. The largest absolute Gasteiger partial charge is 0.371 e. The van der Waals surface area contributed by atoms with Gasteiger partial charge < -0.3 is 10.2 Å². The summed E-state index contributed by atoms with van der Waals surface area (Å²) in [4.78, 5) is 18.6. The van der Waals surface area contributed by atoms with Gasteiger partial charge in [0.15, 0.2) is 0 Å². The van der Waals surface area contributed by atoms with Crippen LogP contribution in [0.25, 0.3) is 0 Å². The Hall–Kier alpha value is -1.88. The predicted octanol–water partition coefficient (Wildman–Crippen LogP) is 3.70. The Morgan fingerprint density at radius 1 is 1.19 bits per heavy atom. The summed E-state index contributed by atoms with van der Waals surface area (Å²) in [5.41, 5.74) is 2.51. The monoisotopic (exact) mass is 345 g/mol. The van der Waals surface area contributed by atoms with E-state index in [1.807, 2.05) is 18.2 Å². The van der Waals surface area contributed by atoms with E-state index in [9.17, 15) is 4.79 Å². The van der Waals surface area contributed by atoms with Gasteiger partial charge >= 0.3 is 0 Å². The van der Waals surface area contributed by atoms with E-state index in [1.165, 1.54) is 12.8 Å². The normalized spacial score (nSPS) is 14.2. The van der Waals surface area contributed by atoms with E-state index in [4.69, 9.17) is 0 Å². The fraction of sp³-hybridized carbons (Fsp3) is 0.250. The lowest BCUT2D eigenvalue weighted by Crippen LogP contribution is -2.18. The maximum atomic E-state index is 12.2. The number of nitrogens with zero attached hydrogens (tertiary/aromatic N) is 2. The van der Waals surface area contributed by atoms with Crippen LogP contribution in [0.4, 0.5) is 11.4 Å². The molecular formula is C16H16BrN3O. The van der Waals surface area contributed by atoms with E-state index in [-0.39, 0.29) is 5.91 Å². The predicted molar refractivity (Wildman–Crippen MR) is 87.8 cm³/mol. The fourth-order valence-corrected chi connectivity index (χ4v) is 2.86. The van der Waals surface area contributed by atoms with Crippen molar-refractivity contribution in [3.05, 3.63) is 52.8 Å². The lowest BCUT2D eigenvalue weighted by molar-refractivity contribution is 0.102. The lowest BCUT2D eigenvalue weighted by atomic mass is 10.2. The average molecular weight is 346 g/mol. The molecule has 0 aliphatic carbocycles. The first-order chi connectivity index (χ1) is 10.2. The van der Waals surface area contributed by atoms with Crippen LogP contribution in [0.15, 0.2) is 47.2 Å². The molecule has 0 bridgehead atoms. The first kappa shape index (κ1) is 14.1. The van der Waals surface area contributed by atoms with Gasteiger partial charge in [-0.05, 0) is 53.0 Å². The Morgan fingerprint density at radius 3 is 2.76 bits per heavy atom. The van der Waals surface area contributed by atoms with Gasteiger partial charge in [0.25, 0.3) is 5.91 Å². The number of aromatic nitrogens is 1. The Kier molecular flexibility index (Phi) is 4.20. The molecule has 21 heavy (non-hydrogen) atoms. The second-order valence-corrected chi connectivity index (χ2v) is 6.01. The van der Waals surface area contributed by atoms with Crippen molar-refractivity contribution in [1.29, 1.82) is 0 Å². The Bertz CT molecular complexity index is 653. The third kappa shape index (κ3) is 3.42. The Morgan fingerprint density at radius 2 is 2.00 bits per heavy atom. The maximum absolute atomic E-state index is 12.2. The molecule has 3 rings (SSSR count). The highest BCUT2D eigenvalue weighted by Crippen LogP contribution is 2.23. The Balaban J connectivity index is 1.75. The van der Waals surface area contributed by atoms with Crippen LogP contribution in [0.5, 0.6) is 0 Å². The molecular weight excluding hydrogens is 330 g/mol. The molecule has 0 atom stereocenters. The SMILES string of the molecule is O=C(Nc1cccc(N2CCCC2)c1)c1cncc(Br)c1. The van der Waals surface area contributed by atoms with E-state index in [2.05, 4.69) is 37.2 Å². The first-order valence-corrected chi connectivity index (χ1v) is 7.78. The summed E-state index contributed by atoms with van der Waals surface area (Å²) >= 11 is 3.32. The molecule has 1 aliphatic heterocycles. The quantitative estimate of drug-likeness (QED) is 0.922. The van der Waals surface area contributed by atoms with E-state index in [0.29, 0.717) is 5.56 Å². The summed E-state index contributed by atoms with van der Waals surface area (Å²) in [6.45, 7) is 2.18. The zero-order valence-corrected chi connectivity index (χ0v) is 13.1.